The van der Waals surface area contributed by atoms with E-state index in [0.29, 0.717) is 19.8 Å². The molecule has 2 aliphatic rings. The summed E-state index contributed by atoms with van der Waals surface area (Å²) in [6.45, 7) is 5.07. The maximum Gasteiger partial charge on any atom is 0.229 e. The molecule has 108 valence electrons. The summed E-state index contributed by atoms with van der Waals surface area (Å²) in [6.07, 6.45) is 1.63. The predicted octanol–water partition coefficient (Wildman–Crippen LogP) is -0.665. The van der Waals surface area contributed by atoms with Gasteiger partial charge in [0.2, 0.25) is 11.8 Å². The normalized spacial score (nSPS) is 31.4. The third-order valence-corrected chi connectivity index (χ3v) is 4.00. The summed E-state index contributed by atoms with van der Waals surface area (Å²) in [5, 5.41) is 3.28. The number of ether oxygens (including phenoxy) is 1. The fraction of sp³-hybridized carbons (Fsp3) is 0.846. The molecule has 19 heavy (non-hydrogen) atoms. The molecule has 3 N–H and O–H groups in total. The number of carbonyl (C=O) groups excluding carboxylic acids is 2. The van der Waals surface area contributed by atoms with Gasteiger partial charge in [-0.1, -0.05) is 6.92 Å². The first kappa shape index (κ1) is 14.3. The molecule has 0 aromatic carbocycles. The summed E-state index contributed by atoms with van der Waals surface area (Å²) in [4.78, 5) is 25.5. The Morgan fingerprint density at radius 2 is 2.21 bits per heavy atom. The van der Waals surface area contributed by atoms with Crippen LogP contribution in [-0.2, 0) is 14.3 Å². The molecule has 2 aliphatic heterocycles. The van der Waals surface area contributed by atoms with E-state index in [1.54, 1.807) is 4.90 Å². The van der Waals surface area contributed by atoms with E-state index in [1.807, 2.05) is 6.92 Å². The van der Waals surface area contributed by atoms with Crippen LogP contribution in [0.2, 0.25) is 0 Å². The fourth-order valence-electron chi connectivity index (χ4n) is 2.91. The fourth-order valence-corrected chi connectivity index (χ4v) is 2.91. The molecule has 2 saturated heterocycles. The third-order valence-electron chi connectivity index (χ3n) is 4.00. The Morgan fingerprint density at radius 3 is 2.89 bits per heavy atom. The molecule has 6 nitrogen and oxygen atoms in total. The van der Waals surface area contributed by atoms with Crippen LogP contribution in [0, 0.1) is 11.8 Å². The van der Waals surface area contributed by atoms with E-state index >= 15 is 0 Å². The van der Waals surface area contributed by atoms with Gasteiger partial charge < -0.3 is 20.7 Å². The van der Waals surface area contributed by atoms with E-state index < -0.39 is 0 Å². The van der Waals surface area contributed by atoms with Gasteiger partial charge in [0.15, 0.2) is 0 Å². The second kappa shape index (κ2) is 6.34. The number of carbonyl (C=O) groups is 2. The molecule has 2 rings (SSSR count). The van der Waals surface area contributed by atoms with Gasteiger partial charge in [0.05, 0.1) is 25.0 Å². The minimum atomic E-state index is -0.302. The van der Waals surface area contributed by atoms with Crippen molar-refractivity contribution in [1.82, 2.24) is 10.2 Å². The molecule has 0 aromatic heterocycles. The lowest BCUT2D eigenvalue weighted by Crippen LogP contribution is -2.50. The number of nitrogens with two attached hydrogens (primary N) is 1. The molecule has 2 amide bonds. The van der Waals surface area contributed by atoms with Gasteiger partial charge in [0.25, 0.3) is 0 Å². The first-order valence-corrected chi connectivity index (χ1v) is 7.02. The number of piperidine rings is 1. The van der Waals surface area contributed by atoms with Gasteiger partial charge in [0, 0.05) is 19.1 Å². The molecule has 0 saturated carbocycles. The summed E-state index contributed by atoms with van der Waals surface area (Å²) in [5.41, 5.74) is 5.34. The molecule has 0 spiro atoms. The minimum Gasteiger partial charge on any atom is -0.379 e. The Hall–Kier alpha value is -1.14. The molecule has 3 unspecified atom stereocenters. The van der Waals surface area contributed by atoms with Crippen molar-refractivity contribution in [2.24, 2.45) is 17.6 Å². The quantitative estimate of drug-likeness (QED) is 0.709. The number of hydrogen-bond donors (Lipinski definition) is 2. The van der Waals surface area contributed by atoms with Crippen molar-refractivity contribution in [1.29, 1.82) is 0 Å². The number of hydrogen-bond acceptors (Lipinski definition) is 4. The van der Waals surface area contributed by atoms with Crippen molar-refractivity contribution < 1.29 is 14.3 Å². The maximum atomic E-state index is 12.5. The molecular weight excluding hydrogens is 246 g/mol. The average Bonchev–Trinajstić information content (AvgIpc) is 2.86. The Morgan fingerprint density at radius 1 is 1.42 bits per heavy atom. The topological polar surface area (TPSA) is 84.7 Å². The van der Waals surface area contributed by atoms with E-state index in [9.17, 15) is 9.59 Å². The average molecular weight is 269 g/mol. The van der Waals surface area contributed by atoms with Crippen molar-refractivity contribution >= 4 is 11.8 Å². The summed E-state index contributed by atoms with van der Waals surface area (Å²) < 4.78 is 5.41. The van der Waals surface area contributed by atoms with Gasteiger partial charge in [-0.15, -0.1) is 0 Å². The number of primary amides is 1. The Labute approximate surface area is 113 Å². The lowest BCUT2D eigenvalue weighted by Gasteiger charge is -2.33. The SMILES string of the molecule is CCNC1COCC1C(=O)N1CCCC(C(N)=O)C1. The maximum absolute atomic E-state index is 12.5. The van der Waals surface area contributed by atoms with Gasteiger partial charge in [-0.3, -0.25) is 9.59 Å². The highest BCUT2D eigenvalue weighted by molar-refractivity contribution is 5.82. The highest BCUT2D eigenvalue weighted by Gasteiger charge is 2.38. The van der Waals surface area contributed by atoms with Crippen LogP contribution in [0.5, 0.6) is 0 Å². The summed E-state index contributed by atoms with van der Waals surface area (Å²) in [6, 6.07) is 0.0893. The molecule has 6 heteroatoms. The van der Waals surface area contributed by atoms with Gasteiger partial charge in [-0.25, -0.2) is 0 Å². The largest absolute Gasteiger partial charge is 0.379 e. The zero-order valence-corrected chi connectivity index (χ0v) is 11.4. The van der Waals surface area contributed by atoms with Crippen LogP contribution in [0.15, 0.2) is 0 Å². The van der Waals surface area contributed by atoms with Crippen molar-refractivity contribution in [2.45, 2.75) is 25.8 Å². The van der Waals surface area contributed by atoms with Crippen molar-refractivity contribution in [3.63, 3.8) is 0 Å². The molecule has 0 aliphatic carbocycles. The van der Waals surface area contributed by atoms with E-state index in [0.717, 1.165) is 25.9 Å². The van der Waals surface area contributed by atoms with Crippen LogP contribution >= 0.6 is 0 Å². The van der Waals surface area contributed by atoms with Crippen molar-refractivity contribution in [3.8, 4) is 0 Å². The first-order valence-electron chi connectivity index (χ1n) is 7.02. The van der Waals surface area contributed by atoms with Crippen LogP contribution in [0.3, 0.4) is 0 Å². The lowest BCUT2D eigenvalue weighted by atomic mass is 9.94. The van der Waals surface area contributed by atoms with Gasteiger partial charge in [-0.05, 0) is 19.4 Å². The standard InChI is InChI=1S/C13H23N3O3/c1-2-15-11-8-19-7-10(11)13(18)16-5-3-4-9(6-16)12(14)17/h9-11,15H,2-8H2,1H3,(H2,14,17). The number of rotatable bonds is 4. The highest BCUT2D eigenvalue weighted by Crippen LogP contribution is 2.22. The smallest absolute Gasteiger partial charge is 0.229 e. The van der Waals surface area contributed by atoms with E-state index in [2.05, 4.69) is 5.32 Å². The van der Waals surface area contributed by atoms with Gasteiger partial charge >= 0.3 is 0 Å². The number of nitrogens with zero attached hydrogens (tertiary/aromatic N) is 1. The monoisotopic (exact) mass is 269 g/mol. The third kappa shape index (κ3) is 3.25. The number of likely N-dealkylation sites (tertiary alicyclic amines) is 1. The van der Waals surface area contributed by atoms with E-state index in [1.165, 1.54) is 0 Å². The lowest BCUT2D eigenvalue weighted by molar-refractivity contribution is -0.139. The van der Waals surface area contributed by atoms with Crippen LogP contribution in [0.4, 0.5) is 0 Å². The molecule has 3 atom stereocenters. The highest BCUT2D eigenvalue weighted by atomic mass is 16.5. The Kier molecular flexibility index (Phi) is 4.76. The van der Waals surface area contributed by atoms with E-state index in [4.69, 9.17) is 10.5 Å². The molecular formula is C13H23N3O3. The number of amides is 2. The molecule has 2 heterocycles. The molecule has 0 aromatic rings. The molecule has 0 bridgehead atoms. The number of nitrogens with one attached hydrogen (secondary N) is 1. The Bertz CT molecular complexity index is 348. The molecule has 0 radical (unpaired) electrons. The van der Waals surface area contributed by atoms with Gasteiger partial charge in [0.1, 0.15) is 0 Å². The van der Waals surface area contributed by atoms with Crippen LogP contribution in [0.1, 0.15) is 19.8 Å². The predicted molar refractivity (Wildman–Crippen MR) is 70.3 cm³/mol. The van der Waals surface area contributed by atoms with Crippen LogP contribution in [-0.4, -0.2) is 55.6 Å². The summed E-state index contributed by atoms with van der Waals surface area (Å²) in [5.74, 6) is -0.540. The van der Waals surface area contributed by atoms with Crippen LogP contribution < -0.4 is 11.1 Å². The zero-order chi connectivity index (χ0) is 13.8. The van der Waals surface area contributed by atoms with Gasteiger partial charge in [-0.2, -0.15) is 0 Å². The molecule has 2 fully saturated rings. The van der Waals surface area contributed by atoms with Crippen molar-refractivity contribution in [3.05, 3.63) is 0 Å². The Balaban J connectivity index is 1.96. The summed E-state index contributed by atoms with van der Waals surface area (Å²) >= 11 is 0. The van der Waals surface area contributed by atoms with E-state index in [-0.39, 0.29) is 29.7 Å². The second-order valence-corrected chi connectivity index (χ2v) is 5.33. The minimum absolute atomic E-state index is 0.0893. The van der Waals surface area contributed by atoms with Crippen molar-refractivity contribution in [2.75, 3.05) is 32.8 Å². The first-order chi connectivity index (χ1) is 9.13. The van der Waals surface area contributed by atoms with Crippen LogP contribution in [0.25, 0.3) is 0 Å². The zero-order valence-electron chi connectivity index (χ0n) is 11.4. The number of likely N-dealkylation sites (N-methyl/N-ethyl adjacent to an activating group) is 1. The summed E-state index contributed by atoms with van der Waals surface area (Å²) in [7, 11) is 0. The second-order valence-electron chi connectivity index (χ2n) is 5.33.